The van der Waals surface area contributed by atoms with Crippen LogP contribution in [-0.2, 0) is 0 Å². The van der Waals surface area contributed by atoms with Crippen LogP contribution in [0, 0.1) is 52.8 Å². The molecule has 0 atom stereocenters. The van der Waals surface area contributed by atoms with E-state index in [1.807, 2.05) is 0 Å². The van der Waals surface area contributed by atoms with E-state index in [0.29, 0.717) is 23.6 Å². The lowest BCUT2D eigenvalue weighted by atomic mass is 9.68. The van der Waals surface area contributed by atoms with E-state index in [1.165, 1.54) is 63.5 Å². The molecule has 0 spiro atoms. The summed E-state index contributed by atoms with van der Waals surface area (Å²) < 4.78 is 105. The Morgan fingerprint density at radius 2 is 1.16 bits per heavy atom. The van der Waals surface area contributed by atoms with Crippen molar-refractivity contribution in [1.29, 1.82) is 0 Å². The SMILES string of the molecule is CCCCCC1CCC(C2CCC(c3cc(F)c(C4CCC(C(F)(F)Oc5cc(F)c(F)c(F)c5)CC4)c(F)c3)CC2)CC1. The lowest BCUT2D eigenvalue weighted by Crippen LogP contribution is -2.37. The summed E-state index contributed by atoms with van der Waals surface area (Å²) in [5.41, 5.74) is 0.637. The summed E-state index contributed by atoms with van der Waals surface area (Å²) in [6.07, 6.45) is 11.0. The molecule has 2 aromatic carbocycles. The molecule has 244 valence electrons. The van der Waals surface area contributed by atoms with Crippen molar-refractivity contribution in [2.24, 2.45) is 23.7 Å². The van der Waals surface area contributed by atoms with E-state index in [-0.39, 0.29) is 37.2 Å². The molecule has 0 radical (unpaired) electrons. The molecule has 0 amide bonds. The van der Waals surface area contributed by atoms with Crippen LogP contribution in [0.2, 0.25) is 0 Å². The zero-order valence-corrected chi connectivity index (χ0v) is 25.6. The number of benzene rings is 2. The second-order valence-electron chi connectivity index (χ2n) is 13.7. The molecule has 1 nitrogen and oxygen atoms in total. The van der Waals surface area contributed by atoms with Gasteiger partial charge in [-0.1, -0.05) is 45.4 Å². The van der Waals surface area contributed by atoms with Crippen LogP contribution in [0.15, 0.2) is 24.3 Å². The van der Waals surface area contributed by atoms with Gasteiger partial charge >= 0.3 is 6.11 Å². The maximum atomic E-state index is 15.4. The third kappa shape index (κ3) is 7.75. The number of ether oxygens (including phenoxy) is 1. The Kier molecular flexibility index (Phi) is 10.9. The van der Waals surface area contributed by atoms with Gasteiger partial charge in [0.2, 0.25) is 0 Å². The van der Waals surface area contributed by atoms with Crippen molar-refractivity contribution in [1.82, 2.24) is 0 Å². The minimum atomic E-state index is -3.78. The van der Waals surface area contributed by atoms with Crippen molar-refractivity contribution < 1.29 is 35.5 Å². The first-order valence-corrected chi connectivity index (χ1v) is 16.8. The van der Waals surface area contributed by atoms with Crippen LogP contribution < -0.4 is 4.74 Å². The van der Waals surface area contributed by atoms with Gasteiger partial charge < -0.3 is 4.74 Å². The Morgan fingerprint density at radius 3 is 1.70 bits per heavy atom. The topological polar surface area (TPSA) is 9.23 Å². The second kappa shape index (κ2) is 14.5. The van der Waals surface area contributed by atoms with Crippen LogP contribution in [0.1, 0.15) is 133 Å². The Hall–Kier alpha value is -2.25. The fraction of sp³-hybridized carbons (Fsp3) is 0.667. The Bertz CT molecular complexity index is 1190. The predicted octanol–water partition coefficient (Wildman–Crippen LogP) is 12.0. The number of hydrogen-bond donors (Lipinski definition) is 0. The van der Waals surface area contributed by atoms with E-state index in [2.05, 4.69) is 11.7 Å². The van der Waals surface area contributed by atoms with Crippen LogP contribution in [0.4, 0.5) is 30.7 Å². The number of unbranched alkanes of at least 4 members (excludes halogenated alkanes) is 2. The largest absolute Gasteiger partial charge is 0.432 e. The fourth-order valence-corrected chi connectivity index (χ4v) is 8.33. The first-order chi connectivity index (χ1) is 21.1. The average molecular weight is 627 g/mol. The van der Waals surface area contributed by atoms with E-state index in [1.54, 1.807) is 0 Å². The van der Waals surface area contributed by atoms with Crippen LogP contribution in [0.25, 0.3) is 0 Å². The van der Waals surface area contributed by atoms with Gasteiger partial charge in [-0.15, -0.1) is 0 Å². The van der Waals surface area contributed by atoms with Gasteiger partial charge in [0.05, 0.1) is 5.92 Å². The molecule has 8 heteroatoms. The zero-order valence-electron chi connectivity index (χ0n) is 25.6. The highest BCUT2D eigenvalue weighted by Crippen LogP contribution is 2.47. The molecule has 0 bridgehead atoms. The van der Waals surface area contributed by atoms with E-state index in [9.17, 15) is 22.0 Å². The maximum Gasteiger partial charge on any atom is 0.400 e. The lowest BCUT2D eigenvalue weighted by molar-refractivity contribution is -0.222. The smallest absolute Gasteiger partial charge is 0.400 e. The van der Waals surface area contributed by atoms with Gasteiger partial charge in [0.25, 0.3) is 0 Å². The van der Waals surface area contributed by atoms with Crippen LogP contribution >= 0.6 is 0 Å². The summed E-state index contributed by atoms with van der Waals surface area (Å²) in [6.45, 7) is 2.25. The van der Waals surface area contributed by atoms with Crippen molar-refractivity contribution in [3.8, 4) is 5.75 Å². The minimum absolute atomic E-state index is 0.0523. The van der Waals surface area contributed by atoms with Gasteiger partial charge in [0.1, 0.15) is 17.4 Å². The van der Waals surface area contributed by atoms with Crippen molar-refractivity contribution in [3.63, 3.8) is 0 Å². The number of hydrogen-bond acceptors (Lipinski definition) is 1. The van der Waals surface area contributed by atoms with Crippen LogP contribution in [-0.4, -0.2) is 6.11 Å². The van der Waals surface area contributed by atoms with Gasteiger partial charge in [0.15, 0.2) is 17.5 Å². The molecule has 0 aromatic heterocycles. The molecule has 44 heavy (non-hydrogen) atoms. The highest BCUT2D eigenvalue weighted by molar-refractivity contribution is 5.32. The first kappa shape index (κ1) is 33.1. The number of alkyl halides is 2. The van der Waals surface area contributed by atoms with Crippen molar-refractivity contribution in [3.05, 3.63) is 64.5 Å². The Labute approximate surface area is 257 Å². The predicted molar refractivity (Wildman–Crippen MR) is 157 cm³/mol. The quantitative estimate of drug-likeness (QED) is 0.145. The molecule has 3 aliphatic rings. The molecule has 0 N–H and O–H groups in total. The molecule has 3 saturated carbocycles. The summed E-state index contributed by atoms with van der Waals surface area (Å²) in [5, 5.41) is 0. The molecule has 0 unspecified atom stereocenters. The van der Waals surface area contributed by atoms with E-state index < -0.39 is 52.8 Å². The monoisotopic (exact) mass is 626 g/mol. The molecular weight excluding hydrogens is 581 g/mol. The molecule has 0 saturated heterocycles. The molecule has 2 aromatic rings. The van der Waals surface area contributed by atoms with Crippen molar-refractivity contribution >= 4 is 0 Å². The van der Waals surface area contributed by atoms with Crippen LogP contribution in [0.3, 0.4) is 0 Å². The maximum absolute atomic E-state index is 15.4. The molecular formula is C36H45F7O. The summed E-state index contributed by atoms with van der Waals surface area (Å²) in [7, 11) is 0. The highest BCUT2D eigenvalue weighted by Gasteiger charge is 2.45. The Balaban J connectivity index is 1.12. The van der Waals surface area contributed by atoms with Gasteiger partial charge in [-0.2, -0.15) is 8.78 Å². The van der Waals surface area contributed by atoms with E-state index in [4.69, 9.17) is 0 Å². The molecule has 0 heterocycles. The lowest BCUT2D eigenvalue weighted by Gasteiger charge is -2.38. The third-order valence-electron chi connectivity index (χ3n) is 10.9. The normalized spacial score (nSPS) is 28.2. The third-order valence-corrected chi connectivity index (χ3v) is 10.9. The molecule has 3 fully saturated rings. The minimum Gasteiger partial charge on any atom is -0.432 e. The second-order valence-corrected chi connectivity index (χ2v) is 13.7. The summed E-state index contributed by atoms with van der Waals surface area (Å²) >= 11 is 0. The van der Waals surface area contributed by atoms with Crippen molar-refractivity contribution in [2.75, 3.05) is 0 Å². The standard InChI is InChI=1S/C36H45F7O/c1-2-3-4-5-22-6-8-23(9-7-22)24-10-12-25(13-11-24)27-18-30(37)34(31(38)19-27)26-14-16-28(17-15-26)36(42,43)44-29-20-32(39)35(41)33(40)21-29/h18-26,28H,2-17H2,1H3. The van der Waals surface area contributed by atoms with E-state index >= 15 is 8.78 Å². The van der Waals surface area contributed by atoms with Gasteiger partial charge in [0, 0.05) is 17.7 Å². The molecule has 3 aliphatic carbocycles. The van der Waals surface area contributed by atoms with Crippen LogP contribution in [0.5, 0.6) is 5.75 Å². The fourth-order valence-electron chi connectivity index (χ4n) is 8.33. The average Bonchev–Trinajstić information content (AvgIpc) is 3.00. The van der Waals surface area contributed by atoms with E-state index in [0.717, 1.165) is 37.5 Å². The Morgan fingerprint density at radius 1 is 0.636 bits per heavy atom. The number of halogens is 7. The molecule has 0 aliphatic heterocycles. The summed E-state index contributed by atoms with van der Waals surface area (Å²) in [4.78, 5) is 0. The first-order valence-electron chi connectivity index (χ1n) is 16.8. The van der Waals surface area contributed by atoms with Gasteiger partial charge in [-0.05, 0) is 111 Å². The summed E-state index contributed by atoms with van der Waals surface area (Å²) in [6, 6.07) is 3.65. The summed E-state index contributed by atoms with van der Waals surface area (Å²) in [5.74, 6) is -6.45. The van der Waals surface area contributed by atoms with Gasteiger partial charge in [-0.3, -0.25) is 0 Å². The van der Waals surface area contributed by atoms with Gasteiger partial charge in [-0.25, -0.2) is 22.0 Å². The van der Waals surface area contributed by atoms with Crippen molar-refractivity contribution in [2.45, 2.75) is 128 Å². The highest BCUT2D eigenvalue weighted by atomic mass is 19.3. The zero-order chi connectivity index (χ0) is 31.4. The molecule has 5 rings (SSSR count). The number of rotatable bonds is 10.